The van der Waals surface area contributed by atoms with Gasteiger partial charge in [0, 0.05) is 17.0 Å². The molecule has 0 aromatic heterocycles. The summed E-state index contributed by atoms with van der Waals surface area (Å²) in [5.41, 5.74) is 0.864. The van der Waals surface area contributed by atoms with Gasteiger partial charge >= 0.3 is 11.9 Å². The van der Waals surface area contributed by atoms with Crippen molar-refractivity contribution >= 4 is 11.9 Å². The van der Waals surface area contributed by atoms with Crippen molar-refractivity contribution in [3.05, 3.63) is 53.1 Å². The van der Waals surface area contributed by atoms with E-state index in [-0.39, 0.29) is 27.7 Å². The number of ether oxygens (including phenoxy) is 2. The van der Waals surface area contributed by atoms with E-state index in [9.17, 15) is 14.7 Å². The number of aromatic carboxylic acids is 1. The highest BCUT2D eigenvalue weighted by atomic mass is 16.5. The number of phenols is 1. The van der Waals surface area contributed by atoms with Crippen molar-refractivity contribution in [2.24, 2.45) is 11.3 Å². The predicted molar refractivity (Wildman–Crippen MR) is 108 cm³/mol. The van der Waals surface area contributed by atoms with Crippen molar-refractivity contribution in [3.8, 4) is 17.2 Å². The van der Waals surface area contributed by atoms with Gasteiger partial charge in [-0.3, -0.25) is 0 Å². The Morgan fingerprint density at radius 2 is 1.90 bits per heavy atom. The largest absolute Gasteiger partial charge is 0.507 e. The van der Waals surface area contributed by atoms with E-state index in [1.807, 2.05) is 12.1 Å². The molecule has 30 heavy (non-hydrogen) atoms. The van der Waals surface area contributed by atoms with Crippen LogP contribution in [0.5, 0.6) is 17.2 Å². The van der Waals surface area contributed by atoms with E-state index < -0.39 is 17.7 Å². The Balaban J connectivity index is 1.47. The first kappa shape index (κ1) is 19.0. The van der Waals surface area contributed by atoms with E-state index in [2.05, 4.69) is 20.8 Å². The van der Waals surface area contributed by atoms with Gasteiger partial charge in [-0.05, 0) is 67.9 Å². The third-order valence-corrected chi connectivity index (χ3v) is 8.21. The van der Waals surface area contributed by atoms with Crippen LogP contribution < -0.4 is 9.47 Å². The number of carboxylic acids is 1. The van der Waals surface area contributed by atoms with Crippen molar-refractivity contribution in [2.75, 3.05) is 0 Å². The van der Waals surface area contributed by atoms with Crippen LogP contribution in [0.25, 0.3) is 0 Å². The number of aromatic hydroxyl groups is 1. The summed E-state index contributed by atoms with van der Waals surface area (Å²) in [5, 5.41) is 18.8. The molecule has 0 saturated heterocycles. The molecule has 2 bridgehead atoms. The molecule has 156 valence electrons. The lowest BCUT2D eigenvalue weighted by Crippen LogP contribution is -2.54. The van der Waals surface area contributed by atoms with Crippen molar-refractivity contribution in [1.29, 1.82) is 0 Å². The van der Waals surface area contributed by atoms with E-state index in [1.54, 1.807) is 6.07 Å². The fourth-order valence-electron chi connectivity index (χ4n) is 6.24. The number of carbonyl (C=O) groups excluding carboxylic acids is 1. The monoisotopic (exact) mass is 408 g/mol. The van der Waals surface area contributed by atoms with Crippen LogP contribution in [-0.4, -0.2) is 27.8 Å². The van der Waals surface area contributed by atoms with Crippen LogP contribution in [0.15, 0.2) is 36.4 Å². The molecule has 1 aliphatic heterocycles. The fraction of sp³-hybridized carbons (Fsp3) is 0.417. The summed E-state index contributed by atoms with van der Waals surface area (Å²) < 4.78 is 11.9. The quantitative estimate of drug-likeness (QED) is 0.572. The third kappa shape index (κ3) is 2.19. The minimum absolute atomic E-state index is 0.0854. The van der Waals surface area contributed by atoms with Crippen LogP contribution in [0, 0.1) is 11.3 Å². The zero-order valence-corrected chi connectivity index (χ0v) is 17.2. The minimum Gasteiger partial charge on any atom is -0.507 e. The highest BCUT2D eigenvalue weighted by Gasteiger charge is 2.73. The Bertz CT molecular complexity index is 1110. The summed E-state index contributed by atoms with van der Waals surface area (Å²) in [7, 11) is 0. The number of fused-ring (bicyclic) bond motifs is 7. The second-order valence-corrected chi connectivity index (χ2v) is 9.42. The number of benzene rings is 2. The van der Waals surface area contributed by atoms with Gasteiger partial charge in [-0.2, -0.15) is 0 Å². The molecule has 0 spiro atoms. The predicted octanol–water partition coefficient (Wildman–Crippen LogP) is 4.54. The third-order valence-electron chi connectivity index (χ3n) is 8.21. The van der Waals surface area contributed by atoms with Crippen LogP contribution in [0.1, 0.15) is 66.3 Å². The van der Waals surface area contributed by atoms with Gasteiger partial charge in [-0.15, -0.1) is 0 Å². The first-order chi connectivity index (χ1) is 14.1. The average molecular weight is 408 g/mol. The van der Waals surface area contributed by atoms with Gasteiger partial charge in [0.15, 0.2) is 0 Å². The fourth-order valence-corrected chi connectivity index (χ4v) is 6.24. The summed E-state index contributed by atoms with van der Waals surface area (Å²) in [6.07, 6.45) is 3.45. The first-order valence-corrected chi connectivity index (χ1v) is 10.2. The van der Waals surface area contributed by atoms with Crippen LogP contribution in [0.4, 0.5) is 0 Å². The summed E-state index contributed by atoms with van der Waals surface area (Å²) in [4.78, 5) is 23.8. The highest BCUT2D eigenvalue weighted by molar-refractivity contribution is 5.93. The van der Waals surface area contributed by atoms with E-state index >= 15 is 0 Å². The molecule has 2 N–H and O–H groups in total. The number of carboxylic acid groups (broad SMARTS) is 1. The maximum absolute atomic E-state index is 12.8. The normalized spacial score (nSPS) is 33.0. The van der Waals surface area contributed by atoms with Gasteiger partial charge in [-0.25, -0.2) is 9.59 Å². The lowest BCUT2D eigenvalue weighted by molar-refractivity contribution is -0.0260. The Hall–Kier alpha value is -3.02. The molecule has 3 aliphatic rings. The Kier molecular flexibility index (Phi) is 3.65. The van der Waals surface area contributed by atoms with E-state index in [4.69, 9.17) is 14.6 Å². The van der Waals surface area contributed by atoms with E-state index in [1.165, 1.54) is 18.6 Å². The van der Waals surface area contributed by atoms with Crippen molar-refractivity contribution in [3.63, 3.8) is 0 Å². The lowest BCUT2D eigenvalue weighted by Gasteiger charge is -2.48. The van der Waals surface area contributed by atoms with Crippen LogP contribution in [0.3, 0.4) is 0 Å². The molecule has 0 amide bonds. The summed E-state index contributed by atoms with van der Waals surface area (Å²) in [6.45, 7) is 6.79. The maximum Gasteiger partial charge on any atom is 0.343 e. The molecule has 1 heterocycles. The summed E-state index contributed by atoms with van der Waals surface area (Å²) >= 11 is 0. The Morgan fingerprint density at radius 1 is 1.13 bits per heavy atom. The van der Waals surface area contributed by atoms with E-state index in [0.717, 1.165) is 30.2 Å². The van der Waals surface area contributed by atoms with Gasteiger partial charge in [0.2, 0.25) is 0 Å². The molecule has 0 radical (unpaired) electrons. The van der Waals surface area contributed by atoms with Crippen molar-refractivity contribution in [1.82, 2.24) is 0 Å². The molecular formula is C24H24O6. The molecule has 6 nitrogen and oxygen atoms in total. The second kappa shape index (κ2) is 5.78. The van der Waals surface area contributed by atoms with Gasteiger partial charge in [0.25, 0.3) is 0 Å². The van der Waals surface area contributed by atoms with Crippen molar-refractivity contribution < 1.29 is 29.3 Å². The van der Waals surface area contributed by atoms with Crippen LogP contribution in [-0.2, 0) is 5.41 Å². The zero-order chi connectivity index (χ0) is 21.5. The highest BCUT2D eigenvalue weighted by Crippen LogP contribution is 2.73. The topological polar surface area (TPSA) is 93.1 Å². The second-order valence-electron chi connectivity index (χ2n) is 9.42. The molecule has 2 saturated carbocycles. The SMILES string of the molecule is CC12CCC(C1)C1(C)Oc3ccc(C(=O)Oc4ccc(C(=O)O)c(O)c4)cc3C21C. The van der Waals surface area contributed by atoms with Gasteiger partial charge in [0.1, 0.15) is 28.4 Å². The summed E-state index contributed by atoms with van der Waals surface area (Å²) in [5.74, 6) is -0.843. The molecule has 5 rings (SSSR count). The Labute approximate surface area is 174 Å². The number of esters is 1. The average Bonchev–Trinajstić information content (AvgIpc) is 3.25. The van der Waals surface area contributed by atoms with Crippen molar-refractivity contribution in [2.45, 2.75) is 51.0 Å². The molecule has 2 fully saturated rings. The number of carbonyl (C=O) groups is 2. The molecule has 6 heteroatoms. The van der Waals surface area contributed by atoms with Gasteiger partial charge in [0.05, 0.1) is 5.56 Å². The molecule has 4 atom stereocenters. The standard InChI is InChI=1S/C24H24O6/c1-22-9-8-14(12-22)24(3)23(22,2)17-10-13(4-7-19(17)30-24)21(28)29-15-5-6-16(20(26)27)18(25)11-15/h4-7,10-11,14,25H,8-9,12H2,1-3H3,(H,26,27). The number of rotatable bonds is 3. The summed E-state index contributed by atoms with van der Waals surface area (Å²) in [6, 6.07) is 9.10. The van der Waals surface area contributed by atoms with Crippen LogP contribution >= 0.6 is 0 Å². The zero-order valence-electron chi connectivity index (χ0n) is 17.2. The minimum atomic E-state index is -1.25. The molecule has 4 unspecified atom stereocenters. The number of hydrogen-bond acceptors (Lipinski definition) is 5. The number of hydrogen-bond donors (Lipinski definition) is 2. The smallest absolute Gasteiger partial charge is 0.343 e. The van der Waals surface area contributed by atoms with Gasteiger partial charge < -0.3 is 19.7 Å². The van der Waals surface area contributed by atoms with Gasteiger partial charge in [-0.1, -0.05) is 13.8 Å². The first-order valence-electron chi connectivity index (χ1n) is 10.2. The molecular weight excluding hydrogens is 384 g/mol. The lowest BCUT2D eigenvalue weighted by atomic mass is 9.56. The molecule has 2 aromatic rings. The Morgan fingerprint density at radius 3 is 2.60 bits per heavy atom. The molecule has 2 aliphatic carbocycles. The van der Waals surface area contributed by atoms with E-state index in [0.29, 0.717) is 11.5 Å². The maximum atomic E-state index is 12.8. The van der Waals surface area contributed by atoms with Crippen LogP contribution in [0.2, 0.25) is 0 Å². The molecule has 2 aromatic carbocycles.